The van der Waals surface area contributed by atoms with Crippen molar-refractivity contribution in [2.24, 2.45) is 0 Å². The minimum atomic E-state index is 0.382. The van der Waals surface area contributed by atoms with E-state index in [2.05, 4.69) is 15.9 Å². The molecule has 54 valence electrons. The van der Waals surface area contributed by atoms with E-state index >= 15 is 0 Å². The van der Waals surface area contributed by atoms with Gasteiger partial charge in [-0.05, 0) is 17.7 Å². The Labute approximate surface area is 68.0 Å². The van der Waals surface area contributed by atoms with Gasteiger partial charge >= 0.3 is 0 Å². The van der Waals surface area contributed by atoms with E-state index in [0.29, 0.717) is 6.54 Å². The molecule has 2 nitrogen and oxygen atoms in total. The third-order valence-corrected chi connectivity index (χ3v) is 1.72. The zero-order chi connectivity index (χ0) is 7.40. The Balaban J connectivity index is 2.69. The first-order chi connectivity index (χ1) is 4.83. The number of hydrogen-bond acceptors (Lipinski definition) is 2. The number of hydrogen-bond donors (Lipinski definition) is 1. The topological polar surface area (TPSA) is 35.1 Å². The van der Waals surface area contributed by atoms with Crippen molar-refractivity contribution in [2.75, 3.05) is 0 Å². The van der Waals surface area contributed by atoms with Gasteiger partial charge in [-0.25, -0.2) is 0 Å². The third-order valence-electron chi connectivity index (χ3n) is 1.19. The second kappa shape index (κ2) is 3.71. The number of nitrogens with one attached hydrogen (secondary N) is 1. The quantitative estimate of drug-likeness (QED) is 0.743. The molecular weight excluding hydrogens is 194 g/mol. The summed E-state index contributed by atoms with van der Waals surface area (Å²) in [4.78, 5) is 0. The van der Waals surface area contributed by atoms with Crippen LogP contribution in [-0.2, 0) is 6.54 Å². The maximum Gasteiger partial charge on any atom is 0.0175 e. The van der Waals surface area contributed by atoms with Gasteiger partial charge in [0, 0.05) is 11.0 Å². The second-order valence-electron chi connectivity index (χ2n) is 1.95. The van der Waals surface area contributed by atoms with E-state index in [1.165, 1.54) is 0 Å². The van der Waals surface area contributed by atoms with Crippen LogP contribution in [-0.4, -0.2) is 0 Å². The van der Waals surface area contributed by atoms with E-state index in [9.17, 15) is 5.21 Å². The first-order valence-corrected chi connectivity index (χ1v) is 3.71. The number of halogens is 1. The molecule has 0 aliphatic heterocycles. The number of hydroxylamine groups is 1. The molecule has 1 aromatic carbocycles. The molecule has 0 saturated carbocycles. The highest BCUT2D eigenvalue weighted by molar-refractivity contribution is 9.10. The molecular formula is C7H7BrNO-. The molecule has 0 aliphatic rings. The summed E-state index contributed by atoms with van der Waals surface area (Å²) in [6.45, 7) is 0.382. The molecule has 0 radical (unpaired) electrons. The zero-order valence-electron chi connectivity index (χ0n) is 5.30. The molecule has 1 aromatic rings. The molecule has 10 heavy (non-hydrogen) atoms. The fourth-order valence-electron chi connectivity index (χ4n) is 0.686. The summed E-state index contributed by atoms with van der Waals surface area (Å²) < 4.78 is 1.03. The Morgan fingerprint density at radius 2 is 1.90 bits per heavy atom. The van der Waals surface area contributed by atoms with Crippen LogP contribution in [0.2, 0.25) is 0 Å². The van der Waals surface area contributed by atoms with Gasteiger partial charge in [0.15, 0.2) is 0 Å². The highest BCUT2D eigenvalue weighted by Crippen LogP contribution is 2.09. The van der Waals surface area contributed by atoms with Crippen LogP contribution in [0.5, 0.6) is 0 Å². The monoisotopic (exact) mass is 200 g/mol. The largest absolute Gasteiger partial charge is 0.788 e. The average Bonchev–Trinajstić information content (AvgIpc) is 1.95. The van der Waals surface area contributed by atoms with Gasteiger partial charge in [-0.15, -0.1) is 0 Å². The van der Waals surface area contributed by atoms with Gasteiger partial charge in [0.2, 0.25) is 0 Å². The van der Waals surface area contributed by atoms with Crippen molar-refractivity contribution >= 4 is 15.9 Å². The van der Waals surface area contributed by atoms with Gasteiger partial charge in [0.05, 0.1) is 0 Å². The van der Waals surface area contributed by atoms with Crippen molar-refractivity contribution in [2.45, 2.75) is 6.54 Å². The molecule has 0 unspecified atom stereocenters. The molecule has 0 fully saturated rings. The van der Waals surface area contributed by atoms with Gasteiger partial charge in [-0.3, -0.25) is 0 Å². The van der Waals surface area contributed by atoms with Crippen molar-refractivity contribution in [1.82, 2.24) is 5.48 Å². The Bertz CT molecular complexity index is 197. The first kappa shape index (κ1) is 7.72. The highest BCUT2D eigenvalue weighted by Gasteiger charge is 1.87. The molecule has 0 amide bonds. The Kier molecular flexibility index (Phi) is 2.86. The van der Waals surface area contributed by atoms with Crippen molar-refractivity contribution in [3.05, 3.63) is 39.5 Å². The van der Waals surface area contributed by atoms with Crippen LogP contribution in [0.25, 0.3) is 0 Å². The maximum absolute atomic E-state index is 9.92. The van der Waals surface area contributed by atoms with Gasteiger partial charge in [0.1, 0.15) is 0 Å². The van der Waals surface area contributed by atoms with E-state index in [1.54, 1.807) is 0 Å². The summed E-state index contributed by atoms with van der Waals surface area (Å²) in [6.07, 6.45) is 0. The lowest BCUT2D eigenvalue weighted by Crippen LogP contribution is -2.01. The SMILES string of the molecule is [O-]NCc1ccc(Br)cc1. The van der Waals surface area contributed by atoms with E-state index < -0.39 is 0 Å². The van der Waals surface area contributed by atoms with E-state index in [1.807, 2.05) is 29.7 Å². The average molecular weight is 201 g/mol. The normalized spacial score (nSPS) is 9.80. The highest BCUT2D eigenvalue weighted by atomic mass is 79.9. The molecule has 0 bridgehead atoms. The smallest absolute Gasteiger partial charge is 0.0175 e. The van der Waals surface area contributed by atoms with Gasteiger partial charge in [0.25, 0.3) is 0 Å². The van der Waals surface area contributed by atoms with Gasteiger partial charge in [-0.2, -0.15) is 0 Å². The van der Waals surface area contributed by atoms with Gasteiger partial charge in [-0.1, -0.05) is 28.1 Å². The predicted molar refractivity (Wildman–Crippen MR) is 44.3 cm³/mol. The molecule has 0 saturated heterocycles. The Morgan fingerprint density at radius 1 is 1.30 bits per heavy atom. The molecule has 1 rings (SSSR count). The van der Waals surface area contributed by atoms with Crippen molar-refractivity contribution in [3.63, 3.8) is 0 Å². The van der Waals surface area contributed by atoms with E-state index in [-0.39, 0.29) is 0 Å². The van der Waals surface area contributed by atoms with Crippen LogP contribution in [0.4, 0.5) is 0 Å². The van der Waals surface area contributed by atoms with Crippen molar-refractivity contribution < 1.29 is 0 Å². The van der Waals surface area contributed by atoms with Crippen LogP contribution in [0.15, 0.2) is 28.7 Å². The zero-order valence-corrected chi connectivity index (χ0v) is 6.89. The summed E-state index contributed by atoms with van der Waals surface area (Å²) in [6, 6.07) is 7.61. The van der Waals surface area contributed by atoms with Crippen LogP contribution in [0.3, 0.4) is 0 Å². The number of benzene rings is 1. The molecule has 0 aromatic heterocycles. The fourth-order valence-corrected chi connectivity index (χ4v) is 0.950. The minimum Gasteiger partial charge on any atom is -0.788 e. The van der Waals surface area contributed by atoms with Crippen molar-refractivity contribution in [3.8, 4) is 0 Å². The standard InChI is InChI=1S/C7H7BrNO/c8-7-3-1-6(2-4-7)5-9-10/h1-4,9H,5H2/q-1. The lowest BCUT2D eigenvalue weighted by atomic mass is 10.2. The van der Waals surface area contributed by atoms with E-state index in [4.69, 9.17) is 0 Å². The molecule has 0 aliphatic carbocycles. The molecule has 0 atom stereocenters. The summed E-state index contributed by atoms with van der Waals surface area (Å²) >= 11 is 3.30. The summed E-state index contributed by atoms with van der Waals surface area (Å²) in [7, 11) is 0. The van der Waals surface area contributed by atoms with Gasteiger partial charge < -0.3 is 10.7 Å². The van der Waals surface area contributed by atoms with Crippen LogP contribution < -0.4 is 5.48 Å². The molecule has 0 heterocycles. The van der Waals surface area contributed by atoms with Crippen molar-refractivity contribution in [1.29, 1.82) is 0 Å². The first-order valence-electron chi connectivity index (χ1n) is 2.92. The summed E-state index contributed by atoms with van der Waals surface area (Å²) in [5, 5.41) is 9.92. The third kappa shape index (κ3) is 2.10. The summed E-state index contributed by atoms with van der Waals surface area (Å²) in [5.41, 5.74) is 2.84. The Hall–Kier alpha value is -0.380. The lowest BCUT2D eigenvalue weighted by molar-refractivity contribution is 0.875. The summed E-state index contributed by atoms with van der Waals surface area (Å²) in [5.74, 6) is 0. The van der Waals surface area contributed by atoms with E-state index in [0.717, 1.165) is 10.0 Å². The lowest BCUT2D eigenvalue weighted by Gasteiger charge is -2.06. The van der Waals surface area contributed by atoms with Crippen LogP contribution >= 0.6 is 15.9 Å². The fraction of sp³-hybridized carbons (Fsp3) is 0.143. The molecule has 3 heteroatoms. The molecule has 1 N–H and O–H groups in total. The minimum absolute atomic E-state index is 0.382. The van der Waals surface area contributed by atoms with Crippen LogP contribution in [0, 0.1) is 5.21 Å². The second-order valence-corrected chi connectivity index (χ2v) is 2.86. The Morgan fingerprint density at radius 3 is 2.40 bits per heavy atom. The van der Waals surface area contributed by atoms with Crippen LogP contribution in [0.1, 0.15) is 5.56 Å². The maximum atomic E-state index is 9.92. The number of rotatable bonds is 2. The predicted octanol–water partition coefficient (Wildman–Crippen LogP) is 2.04. The molecule has 0 spiro atoms.